The molecule has 0 saturated heterocycles. The first-order chi connectivity index (χ1) is 7.20. The van der Waals surface area contributed by atoms with Crippen LogP contribution in [0.3, 0.4) is 0 Å². The van der Waals surface area contributed by atoms with Gasteiger partial charge in [0.15, 0.2) is 0 Å². The van der Waals surface area contributed by atoms with Crippen LogP contribution in [0.2, 0.25) is 0 Å². The molecule has 0 N–H and O–H groups in total. The van der Waals surface area contributed by atoms with Gasteiger partial charge in [-0.15, -0.1) is 0 Å². The fourth-order valence-electron chi connectivity index (χ4n) is 1.35. The van der Waals surface area contributed by atoms with E-state index in [1.807, 2.05) is 38.1 Å². The lowest BCUT2D eigenvalue weighted by Gasteiger charge is -2.00. The maximum absolute atomic E-state index is 5.53. The van der Waals surface area contributed by atoms with E-state index in [4.69, 9.17) is 9.15 Å². The summed E-state index contributed by atoms with van der Waals surface area (Å²) in [6.45, 7) is 3.84. The van der Waals surface area contributed by atoms with Crippen molar-refractivity contribution in [1.82, 2.24) is 4.98 Å². The molecule has 3 nitrogen and oxygen atoms in total. The molecule has 1 aromatic carbocycles. The van der Waals surface area contributed by atoms with Crippen molar-refractivity contribution in [2.75, 3.05) is 7.11 Å². The van der Waals surface area contributed by atoms with Gasteiger partial charge in [-0.05, 0) is 32.0 Å². The van der Waals surface area contributed by atoms with Gasteiger partial charge in [-0.25, -0.2) is 4.98 Å². The molecule has 15 heavy (non-hydrogen) atoms. The molecule has 0 aliphatic rings. The van der Waals surface area contributed by atoms with E-state index in [1.54, 1.807) is 7.11 Å². The van der Waals surface area contributed by atoms with Gasteiger partial charge in [-0.3, -0.25) is 0 Å². The van der Waals surface area contributed by atoms with Gasteiger partial charge in [0.2, 0.25) is 5.89 Å². The zero-order valence-electron chi connectivity index (χ0n) is 9.07. The Kier molecular flexibility index (Phi) is 2.46. The summed E-state index contributed by atoms with van der Waals surface area (Å²) in [5, 5.41) is 0. The minimum absolute atomic E-state index is 0.643. The molecule has 0 saturated carbocycles. The summed E-state index contributed by atoms with van der Waals surface area (Å²) in [5.41, 5.74) is 1.86. The first-order valence-corrected chi connectivity index (χ1v) is 4.79. The Morgan fingerprint density at radius 2 is 2.07 bits per heavy atom. The molecule has 0 radical (unpaired) electrons. The van der Waals surface area contributed by atoms with Crippen LogP contribution in [0.25, 0.3) is 11.5 Å². The van der Waals surface area contributed by atoms with Crippen LogP contribution >= 0.6 is 0 Å². The van der Waals surface area contributed by atoms with E-state index < -0.39 is 0 Å². The molecule has 2 rings (SSSR count). The quantitative estimate of drug-likeness (QED) is 0.752. The van der Waals surface area contributed by atoms with Crippen LogP contribution in [0.15, 0.2) is 28.7 Å². The Hall–Kier alpha value is -1.77. The van der Waals surface area contributed by atoms with E-state index in [0.717, 1.165) is 22.8 Å². The molecule has 1 aromatic heterocycles. The topological polar surface area (TPSA) is 35.3 Å². The van der Waals surface area contributed by atoms with E-state index in [0.29, 0.717) is 5.89 Å². The molecule has 78 valence electrons. The zero-order valence-corrected chi connectivity index (χ0v) is 9.07. The molecule has 0 bridgehead atoms. The highest BCUT2D eigenvalue weighted by atomic mass is 16.5. The Labute approximate surface area is 88.7 Å². The molecule has 0 aliphatic heterocycles. The number of aromatic nitrogens is 1. The van der Waals surface area contributed by atoms with E-state index in [2.05, 4.69) is 4.98 Å². The second-order valence-electron chi connectivity index (χ2n) is 3.39. The lowest BCUT2D eigenvalue weighted by molar-refractivity contribution is 0.414. The highest BCUT2D eigenvalue weighted by Gasteiger charge is 2.08. The maximum atomic E-state index is 5.53. The van der Waals surface area contributed by atoms with Crippen molar-refractivity contribution in [3.05, 3.63) is 35.7 Å². The number of aryl methyl sites for hydroxylation is 2. The van der Waals surface area contributed by atoms with Crippen LogP contribution in [0.4, 0.5) is 0 Å². The second-order valence-corrected chi connectivity index (χ2v) is 3.39. The lowest BCUT2D eigenvalue weighted by atomic mass is 10.2. The standard InChI is InChI=1S/C12H13NO2/c1-8-9(2)15-12(13-8)10-5-4-6-11(7-10)14-3/h4-7H,1-3H3. The molecule has 0 spiro atoms. The molecule has 0 amide bonds. The van der Waals surface area contributed by atoms with E-state index in [9.17, 15) is 0 Å². The van der Waals surface area contributed by atoms with Crippen LogP contribution in [0.1, 0.15) is 11.5 Å². The number of oxazole rings is 1. The predicted octanol–water partition coefficient (Wildman–Crippen LogP) is 2.97. The molecule has 0 unspecified atom stereocenters. The number of nitrogens with zero attached hydrogens (tertiary/aromatic N) is 1. The summed E-state index contributed by atoms with van der Waals surface area (Å²) in [7, 11) is 1.64. The van der Waals surface area contributed by atoms with Gasteiger partial charge in [0.1, 0.15) is 11.5 Å². The molecule has 0 aliphatic carbocycles. The third kappa shape index (κ3) is 1.86. The van der Waals surface area contributed by atoms with Gasteiger partial charge in [0.25, 0.3) is 0 Å². The van der Waals surface area contributed by atoms with Crippen molar-refractivity contribution in [2.24, 2.45) is 0 Å². The van der Waals surface area contributed by atoms with Gasteiger partial charge in [-0.2, -0.15) is 0 Å². The molecular weight excluding hydrogens is 190 g/mol. The Morgan fingerprint density at radius 1 is 1.27 bits per heavy atom. The van der Waals surface area contributed by atoms with Crippen LogP contribution in [0, 0.1) is 13.8 Å². The molecular formula is C12H13NO2. The molecule has 1 heterocycles. The number of hydrogen-bond donors (Lipinski definition) is 0. The first-order valence-electron chi connectivity index (χ1n) is 4.79. The van der Waals surface area contributed by atoms with Gasteiger partial charge < -0.3 is 9.15 Å². The third-order valence-corrected chi connectivity index (χ3v) is 2.35. The number of rotatable bonds is 2. The maximum Gasteiger partial charge on any atom is 0.226 e. The molecule has 3 heteroatoms. The average molecular weight is 203 g/mol. The van der Waals surface area contributed by atoms with E-state index in [1.165, 1.54) is 0 Å². The Morgan fingerprint density at radius 3 is 2.67 bits per heavy atom. The van der Waals surface area contributed by atoms with Crippen molar-refractivity contribution >= 4 is 0 Å². The Bertz CT molecular complexity index is 455. The third-order valence-electron chi connectivity index (χ3n) is 2.35. The monoisotopic (exact) mass is 203 g/mol. The van der Waals surface area contributed by atoms with E-state index >= 15 is 0 Å². The molecule has 0 fully saturated rings. The number of benzene rings is 1. The number of ether oxygens (including phenoxy) is 1. The molecule has 2 aromatic rings. The highest BCUT2D eigenvalue weighted by Crippen LogP contribution is 2.24. The molecule has 0 atom stereocenters. The number of methoxy groups -OCH3 is 1. The Balaban J connectivity index is 2.44. The minimum atomic E-state index is 0.643. The van der Waals surface area contributed by atoms with Gasteiger partial charge in [-0.1, -0.05) is 6.07 Å². The van der Waals surface area contributed by atoms with E-state index in [-0.39, 0.29) is 0 Å². The summed E-state index contributed by atoms with van der Waals surface area (Å²) in [6.07, 6.45) is 0. The lowest BCUT2D eigenvalue weighted by Crippen LogP contribution is -1.83. The highest BCUT2D eigenvalue weighted by molar-refractivity contribution is 5.56. The van der Waals surface area contributed by atoms with Crippen LogP contribution in [0.5, 0.6) is 5.75 Å². The fraction of sp³-hybridized carbons (Fsp3) is 0.250. The zero-order chi connectivity index (χ0) is 10.8. The smallest absolute Gasteiger partial charge is 0.226 e. The first kappa shape index (κ1) is 9.77. The fourth-order valence-corrected chi connectivity index (χ4v) is 1.35. The summed E-state index contributed by atoms with van der Waals surface area (Å²) >= 11 is 0. The van der Waals surface area contributed by atoms with Crippen molar-refractivity contribution in [2.45, 2.75) is 13.8 Å². The summed E-state index contributed by atoms with van der Waals surface area (Å²) in [6, 6.07) is 7.67. The normalized spacial score (nSPS) is 10.3. The van der Waals surface area contributed by atoms with Crippen LogP contribution < -0.4 is 4.74 Å². The van der Waals surface area contributed by atoms with Gasteiger partial charge in [0, 0.05) is 5.56 Å². The van der Waals surface area contributed by atoms with Crippen molar-refractivity contribution in [3.63, 3.8) is 0 Å². The van der Waals surface area contributed by atoms with Crippen LogP contribution in [-0.2, 0) is 0 Å². The second kappa shape index (κ2) is 3.77. The van der Waals surface area contributed by atoms with Crippen molar-refractivity contribution in [1.29, 1.82) is 0 Å². The van der Waals surface area contributed by atoms with Crippen molar-refractivity contribution < 1.29 is 9.15 Å². The summed E-state index contributed by atoms with van der Waals surface area (Å²) in [4.78, 5) is 4.33. The van der Waals surface area contributed by atoms with Crippen LogP contribution in [-0.4, -0.2) is 12.1 Å². The predicted molar refractivity (Wildman–Crippen MR) is 58.0 cm³/mol. The minimum Gasteiger partial charge on any atom is -0.497 e. The number of hydrogen-bond acceptors (Lipinski definition) is 3. The largest absolute Gasteiger partial charge is 0.497 e. The summed E-state index contributed by atoms with van der Waals surface area (Å²) < 4.78 is 10.7. The average Bonchev–Trinajstić information content (AvgIpc) is 2.59. The van der Waals surface area contributed by atoms with Gasteiger partial charge in [0.05, 0.1) is 12.8 Å². The van der Waals surface area contributed by atoms with Gasteiger partial charge >= 0.3 is 0 Å². The van der Waals surface area contributed by atoms with Crippen molar-refractivity contribution in [3.8, 4) is 17.2 Å². The summed E-state index contributed by atoms with van der Waals surface area (Å²) in [5.74, 6) is 2.30. The SMILES string of the molecule is COc1cccc(-c2nc(C)c(C)o2)c1.